The van der Waals surface area contributed by atoms with Crippen LogP contribution < -0.4 is 0 Å². The highest BCUT2D eigenvalue weighted by molar-refractivity contribution is 5.51. The molecule has 0 aromatic heterocycles. The molecule has 0 heterocycles. The Balaban J connectivity index is 3.80. The molecule has 2 heteroatoms. The zero-order valence-corrected chi connectivity index (χ0v) is 13.1. The van der Waals surface area contributed by atoms with Gasteiger partial charge in [-0.3, -0.25) is 0 Å². The molecule has 0 unspecified atom stereocenters. The van der Waals surface area contributed by atoms with Crippen molar-refractivity contribution in [2.24, 2.45) is 0 Å². The van der Waals surface area contributed by atoms with Crippen LogP contribution >= 0.6 is 0 Å². The minimum absolute atomic E-state index is 0.314. The molecule has 0 aliphatic carbocycles. The fourth-order valence-corrected chi connectivity index (χ4v) is 2.60. The highest BCUT2D eigenvalue weighted by Gasteiger charge is 2.25. The van der Waals surface area contributed by atoms with Crippen LogP contribution in [-0.4, -0.2) is 17.0 Å². The van der Waals surface area contributed by atoms with Crippen molar-refractivity contribution in [3.8, 4) is 0 Å². The number of aliphatic hydroxyl groups is 1. The smallest absolute Gasteiger partial charge is 0.122 e. The lowest BCUT2D eigenvalue weighted by atomic mass is 9.87. The zero-order valence-electron chi connectivity index (χ0n) is 13.1. The van der Waals surface area contributed by atoms with E-state index in [-0.39, 0.29) is 0 Å². The van der Waals surface area contributed by atoms with E-state index >= 15 is 0 Å². The molecule has 1 N–H and O–H groups in total. The lowest BCUT2D eigenvalue weighted by molar-refractivity contribution is -0.113. The van der Waals surface area contributed by atoms with Gasteiger partial charge in [0, 0.05) is 6.42 Å². The van der Waals surface area contributed by atoms with E-state index in [4.69, 9.17) is 0 Å². The topological polar surface area (TPSA) is 37.3 Å². The molecule has 0 amide bonds. The van der Waals surface area contributed by atoms with E-state index in [1.165, 1.54) is 51.4 Å². The molecule has 0 bridgehead atoms. The molecular formula is C17H34O2. The third-order valence-corrected chi connectivity index (χ3v) is 3.95. The highest BCUT2D eigenvalue weighted by atomic mass is 16.3. The zero-order chi connectivity index (χ0) is 14.4. The predicted molar refractivity (Wildman–Crippen MR) is 82.4 cm³/mol. The van der Waals surface area contributed by atoms with E-state index in [1.54, 1.807) is 0 Å². The second kappa shape index (κ2) is 12.7. The van der Waals surface area contributed by atoms with Gasteiger partial charge in [-0.1, -0.05) is 78.1 Å². The van der Waals surface area contributed by atoms with E-state index in [0.29, 0.717) is 6.42 Å². The summed E-state index contributed by atoms with van der Waals surface area (Å²) >= 11 is 0. The third kappa shape index (κ3) is 11.2. The van der Waals surface area contributed by atoms with Gasteiger partial charge in [0.15, 0.2) is 0 Å². The Bertz CT molecular complexity index is 187. The summed E-state index contributed by atoms with van der Waals surface area (Å²) in [6.45, 7) is 4.41. The van der Waals surface area contributed by atoms with Crippen molar-refractivity contribution in [3.05, 3.63) is 0 Å². The van der Waals surface area contributed by atoms with Crippen molar-refractivity contribution in [2.75, 3.05) is 0 Å². The van der Waals surface area contributed by atoms with Crippen LogP contribution in [0.2, 0.25) is 0 Å². The molecule has 0 radical (unpaired) electrons. The summed E-state index contributed by atoms with van der Waals surface area (Å²) in [4.78, 5) is 10.7. The molecule has 0 aromatic rings. The summed E-state index contributed by atoms with van der Waals surface area (Å²) in [5, 5.41) is 10.5. The Kier molecular flexibility index (Phi) is 12.4. The lowest BCUT2D eigenvalue weighted by Crippen LogP contribution is -2.29. The summed E-state index contributed by atoms with van der Waals surface area (Å²) in [7, 11) is 0. The number of carbonyl (C=O) groups excluding carboxylic acids is 1. The maximum Gasteiger partial charge on any atom is 0.122 e. The SMILES string of the molecule is CCCCCCCC(O)(CC=O)CCCCCCC. The van der Waals surface area contributed by atoms with Crippen molar-refractivity contribution in [1.29, 1.82) is 0 Å². The third-order valence-electron chi connectivity index (χ3n) is 3.95. The number of hydrogen-bond acceptors (Lipinski definition) is 2. The number of rotatable bonds is 14. The van der Waals surface area contributed by atoms with Crippen LogP contribution in [0, 0.1) is 0 Å². The molecule has 114 valence electrons. The summed E-state index contributed by atoms with van der Waals surface area (Å²) < 4.78 is 0. The number of aldehydes is 1. The second-order valence-corrected chi connectivity index (χ2v) is 5.92. The van der Waals surface area contributed by atoms with Gasteiger partial charge in [0.2, 0.25) is 0 Å². The first kappa shape index (κ1) is 18.6. The van der Waals surface area contributed by atoms with Gasteiger partial charge < -0.3 is 9.90 Å². The number of carbonyl (C=O) groups is 1. The van der Waals surface area contributed by atoms with Gasteiger partial charge in [-0.05, 0) is 12.8 Å². The molecule has 0 spiro atoms. The Morgan fingerprint density at radius 3 is 1.58 bits per heavy atom. The van der Waals surface area contributed by atoms with Gasteiger partial charge in [0.05, 0.1) is 5.60 Å². The van der Waals surface area contributed by atoms with E-state index in [1.807, 2.05) is 0 Å². The van der Waals surface area contributed by atoms with E-state index in [9.17, 15) is 9.90 Å². The quantitative estimate of drug-likeness (QED) is 0.355. The average Bonchev–Trinajstić information content (AvgIpc) is 2.39. The van der Waals surface area contributed by atoms with Crippen molar-refractivity contribution in [1.82, 2.24) is 0 Å². The lowest BCUT2D eigenvalue weighted by Gasteiger charge is -2.26. The molecule has 0 rings (SSSR count). The van der Waals surface area contributed by atoms with Gasteiger partial charge in [-0.15, -0.1) is 0 Å². The fraction of sp³-hybridized carbons (Fsp3) is 0.941. The van der Waals surface area contributed by atoms with Crippen molar-refractivity contribution >= 4 is 6.29 Å². The molecule has 0 aliphatic heterocycles. The van der Waals surface area contributed by atoms with Crippen LogP contribution in [0.1, 0.15) is 97.3 Å². The summed E-state index contributed by atoms with van der Waals surface area (Å²) in [6, 6.07) is 0. The van der Waals surface area contributed by atoms with E-state index in [2.05, 4.69) is 13.8 Å². The predicted octanol–water partition coefficient (Wildman–Crippen LogP) is 5.03. The molecule has 0 atom stereocenters. The molecule has 0 saturated heterocycles. The first-order valence-electron chi connectivity index (χ1n) is 8.34. The summed E-state index contributed by atoms with van der Waals surface area (Å²) in [6.07, 6.45) is 14.8. The average molecular weight is 270 g/mol. The molecule has 2 nitrogen and oxygen atoms in total. The summed E-state index contributed by atoms with van der Waals surface area (Å²) in [5.41, 5.74) is -0.722. The van der Waals surface area contributed by atoms with Crippen LogP contribution in [0.4, 0.5) is 0 Å². The Labute approximate surface area is 120 Å². The first-order chi connectivity index (χ1) is 9.18. The van der Waals surface area contributed by atoms with Crippen molar-refractivity contribution in [3.63, 3.8) is 0 Å². The Hall–Kier alpha value is -0.370. The molecule has 0 aliphatic rings. The molecular weight excluding hydrogens is 236 g/mol. The molecule has 0 fully saturated rings. The van der Waals surface area contributed by atoms with Crippen LogP contribution in [0.15, 0.2) is 0 Å². The van der Waals surface area contributed by atoms with Gasteiger partial charge >= 0.3 is 0 Å². The fourth-order valence-electron chi connectivity index (χ4n) is 2.60. The van der Waals surface area contributed by atoms with Gasteiger partial charge in [0.1, 0.15) is 6.29 Å². The minimum Gasteiger partial charge on any atom is -0.389 e. The summed E-state index contributed by atoms with van der Waals surface area (Å²) in [5.74, 6) is 0. The van der Waals surface area contributed by atoms with Crippen LogP contribution in [0.25, 0.3) is 0 Å². The maximum absolute atomic E-state index is 10.7. The van der Waals surface area contributed by atoms with E-state index in [0.717, 1.165) is 32.0 Å². The van der Waals surface area contributed by atoms with Crippen LogP contribution in [-0.2, 0) is 4.79 Å². The molecule has 19 heavy (non-hydrogen) atoms. The van der Waals surface area contributed by atoms with E-state index < -0.39 is 5.60 Å². The number of hydrogen-bond donors (Lipinski definition) is 1. The maximum atomic E-state index is 10.7. The van der Waals surface area contributed by atoms with Crippen LogP contribution in [0.5, 0.6) is 0 Å². The number of unbranched alkanes of at least 4 members (excludes halogenated alkanes) is 8. The largest absolute Gasteiger partial charge is 0.389 e. The monoisotopic (exact) mass is 270 g/mol. The molecule has 0 aromatic carbocycles. The first-order valence-corrected chi connectivity index (χ1v) is 8.34. The minimum atomic E-state index is -0.722. The standard InChI is InChI=1S/C17H34O2/c1-3-5-7-9-11-13-17(19,15-16-18)14-12-10-8-6-4-2/h16,19H,3-15H2,1-2H3. The van der Waals surface area contributed by atoms with Crippen molar-refractivity contribution in [2.45, 2.75) is 103 Å². The highest BCUT2D eigenvalue weighted by Crippen LogP contribution is 2.25. The Morgan fingerprint density at radius 1 is 0.789 bits per heavy atom. The second-order valence-electron chi connectivity index (χ2n) is 5.92. The Morgan fingerprint density at radius 2 is 1.21 bits per heavy atom. The van der Waals surface area contributed by atoms with Gasteiger partial charge in [-0.2, -0.15) is 0 Å². The molecule has 0 saturated carbocycles. The normalized spacial score (nSPS) is 11.7. The van der Waals surface area contributed by atoms with Gasteiger partial charge in [-0.25, -0.2) is 0 Å². The van der Waals surface area contributed by atoms with Crippen LogP contribution in [0.3, 0.4) is 0 Å². The van der Waals surface area contributed by atoms with Crippen molar-refractivity contribution < 1.29 is 9.90 Å². The van der Waals surface area contributed by atoms with Gasteiger partial charge in [0.25, 0.3) is 0 Å².